The third-order valence-electron chi connectivity index (χ3n) is 2.50. The first-order valence-electron chi connectivity index (χ1n) is 5.16. The summed E-state index contributed by atoms with van der Waals surface area (Å²) in [5, 5.41) is 8.51. The van der Waals surface area contributed by atoms with E-state index in [0.29, 0.717) is 12.3 Å². The minimum atomic E-state index is -0.709. The lowest BCUT2D eigenvalue weighted by molar-refractivity contribution is -0.136. The number of carbonyl (C=O) groups is 1. The molecule has 3 heteroatoms. The molecule has 1 aliphatic rings. The van der Waals surface area contributed by atoms with E-state index in [1.54, 1.807) is 0 Å². The topological polar surface area (TPSA) is 40.5 Å². The largest absolute Gasteiger partial charge is 0.481 e. The van der Waals surface area contributed by atoms with Crippen LogP contribution in [0.4, 0.5) is 0 Å². The van der Waals surface area contributed by atoms with Gasteiger partial charge in [-0.2, -0.15) is 0 Å². The zero-order valence-corrected chi connectivity index (χ0v) is 8.99. The summed E-state index contributed by atoms with van der Waals surface area (Å²) in [4.78, 5) is 12.6. The molecule has 1 heterocycles. The Hall–Kier alpha value is -0.830. The number of likely N-dealkylation sites (tertiary alicyclic amines) is 1. The van der Waals surface area contributed by atoms with E-state index >= 15 is 0 Å². The lowest BCUT2D eigenvalue weighted by atomic mass is 9.95. The molecule has 0 aromatic heterocycles. The normalized spacial score (nSPS) is 26.7. The maximum Gasteiger partial charge on any atom is 0.303 e. The van der Waals surface area contributed by atoms with Crippen LogP contribution in [0.1, 0.15) is 26.2 Å². The van der Waals surface area contributed by atoms with Crippen LogP contribution in [0.15, 0.2) is 11.6 Å². The van der Waals surface area contributed by atoms with Crippen LogP contribution >= 0.6 is 0 Å². The van der Waals surface area contributed by atoms with Crippen molar-refractivity contribution in [2.45, 2.75) is 26.2 Å². The van der Waals surface area contributed by atoms with E-state index < -0.39 is 5.97 Å². The van der Waals surface area contributed by atoms with E-state index in [2.05, 4.69) is 24.9 Å². The van der Waals surface area contributed by atoms with Crippen LogP contribution in [0.25, 0.3) is 0 Å². The third-order valence-corrected chi connectivity index (χ3v) is 2.50. The van der Waals surface area contributed by atoms with Crippen molar-refractivity contribution >= 4 is 5.97 Å². The molecule has 80 valence electrons. The average Bonchev–Trinajstić information content (AvgIpc) is 2.01. The second-order valence-electron chi connectivity index (χ2n) is 4.30. The second kappa shape index (κ2) is 5.15. The van der Waals surface area contributed by atoms with E-state index in [0.717, 1.165) is 19.5 Å². The quantitative estimate of drug-likeness (QED) is 0.701. The average molecular weight is 197 g/mol. The fourth-order valence-corrected chi connectivity index (χ4v) is 2.07. The summed E-state index contributed by atoms with van der Waals surface area (Å²) in [5.41, 5.74) is 1.40. The Kier molecular flexibility index (Phi) is 4.14. The molecular weight excluding hydrogens is 178 g/mol. The lowest BCUT2D eigenvalue weighted by Gasteiger charge is -2.29. The minimum absolute atomic E-state index is 0.252. The number of carboxylic acids is 1. The number of nitrogens with zero attached hydrogens (tertiary/aromatic N) is 1. The van der Waals surface area contributed by atoms with Crippen molar-refractivity contribution in [2.75, 3.05) is 20.1 Å². The molecule has 0 radical (unpaired) electrons. The number of hydrogen-bond acceptors (Lipinski definition) is 2. The van der Waals surface area contributed by atoms with Crippen molar-refractivity contribution in [1.29, 1.82) is 0 Å². The number of hydrogen-bond donors (Lipinski definition) is 1. The van der Waals surface area contributed by atoms with Gasteiger partial charge in [-0.15, -0.1) is 0 Å². The molecule has 1 unspecified atom stereocenters. The standard InChI is InChI=1S/C11H19NO2/c1-9-6-10(8-12(2)7-9)4-3-5-11(13)14/h4,9H,3,5-8H2,1-2H3,(H,13,14)/b10-4+. The van der Waals surface area contributed by atoms with Gasteiger partial charge in [0.05, 0.1) is 0 Å². The summed E-state index contributed by atoms with van der Waals surface area (Å²) in [6.45, 7) is 4.39. The molecule has 1 aliphatic heterocycles. The fraction of sp³-hybridized carbons (Fsp3) is 0.727. The zero-order chi connectivity index (χ0) is 10.6. The monoisotopic (exact) mass is 197 g/mol. The Bertz CT molecular complexity index is 223. The Labute approximate surface area is 85.4 Å². The van der Waals surface area contributed by atoms with Gasteiger partial charge in [-0.25, -0.2) is 0 Å². The van der Waals surface area contributed by atoms with Gasteiger partial charge in [0.1, 0.15) is 0 Å². The van der Waals surface area contributed by atoms with Crippen molar-refractivity contribution < 1.29 is 9.90 Å². The van der Waals surface area contributed by atoms with Gasteiger partial charge in [-0.1, -0.05) is 18.6 Å². The molecular formula is C11H19NO2. The van der Waals surface area contributed by atoms with Crippen LogP contribution in [-0.2, 0) is 4.79 Å². The van der Waals surface area contributed by atoms with Gasteiger partial charge in [0, 0.05) is 19.5 Å². The van der Waals surface area contributed by atoms with Crippen LogP contribution < -0.4 is 0 Å². The van der Waals surface area contributed by atoms with Gasteiger partial charge in [0.2, 0.25) is 0 Å². The number of rotatable bonds is 3. The van der Waals surface area contributed by atoms with E-state index in [1.807, 2.05) is 0 Å². The number of aliphatic carboxylic acids is 1. The van der Waals surface area contributed by atoms with Crippen LogP contribution in [0.5, 0.6) is 0 Å². The maximum absolute atomic E-state index is 10.3. The first-order chi connectivity index (χ1) is 6.58. The molecule has 1 saturated heterocycles. The summed E-state index contributed by atoms with van der Waals surface area (Å²) in [6.07, 6.45) is 4.15. The SMILES string of the molecule is CC1C/C(=C\CCC(=O)O)CN(C)C1. The van der Waals surface area contributed by atoms with Gasteiger partial charge in [0.25, 0.3) is 0 Å². The summed E-state index contributed by atoms with van der Waals surface area (Å²) >= 11 is 0. The van der Waals surface area contributed by atoms with Crippen molar-refractivity contribution in [3.05, 3.63) is 11.6 Å². The highest BCUT2D eigenvalue weighted by molar-refractivity contribution is 5.66. The van der Waals surface area contributed by atoms with Crippen LogP contribution in [0.2, 0.25) is 0 Å². The zero-order valence-electron chi connectivity index (χ0n) is 8.99. The highest BCUT2D eigenvalue weighted by Gasteiger charge is 2.16. The van der Waals surface area contributed by atoms with Gasteiger partial charge < -0.3 is 10.0 Å². The molecule has 1 N–H and O–H groups in total. The minimum Gasteiger partial charge on any atom is -0.481 e. The maximum atomic E-state index is 10.3. The van der Waals surface area contributed by atoms with Crippen molar-refractivity contribution in [3.63, 3.8) is 0 Å². The fourth-order valence-electron chi connectivity index (χ4n) is 2.07. The predicted octanol–water partition coefficient (Wildman–Crippen LogP) is 1.75. The molecule has 0 aromatic carbocycles. The predicted molar refractivity (Wildman–Crippen MR) is 56.2 cm³/mol. The number of piperidine rings is 1. The van der Waals surface area contributed by atoms with Gasteiger partial charge >= 0.3 is 5.97 Å². The Morgan fingerprint density at radius 2 is 2.43 bits per heavy atom. The highest BCUT2D eigenvalue weighted by Crippen LogP contribution is 2.20. The Balaban J connectivity index is 2.38. The van der Waals surface area contributed by atoms with Crippen molar-refractivity contribution in [3.8, 4) is 0 Å². The molecule has 1 atom stereocenters. The van der Waals surface area contributed by atoms with E-state index in [-0.39, 0.29) is 6.42 Å². The Morgan fingerprint density at radius 3 is 3.00 bits per heavy atom. The summed E-state index contributed by atoms with van der Waals surface area (Å²) < 4.78 is 0. The highest BCUT2D eigenvalue weighted by atomic mass is 16.4. The van der Waals surface area contributed by atoms with Crippen molar-refractivity contribution in [1.82, 2.24) is 4.90 Å². The molecule has 1 fully saturated rings. The molecule has 0 spiro atoms. The van der Waals surface area contributed by atoms with Gasteiger partial charge in [-0.3, -0.25) is 4.79 Å². The molecule has 0 bridgehead atoms. The first-order valence-corrected chi connectivity index (χ1v) is 5.16. The molecule has 0 amide bonds. The van der Waals surface area contributed by atoms with Crippen LogP contribution in [0, 0.1) is 5.92 Å². The molecule has 14 heavy (non-hydrogen) atoms. The molecule has 1 rings (SSSR count). The van der Waals surface area contributed by atoms with E-state index in [1.165, 1.54) is 5.57 Å². The molecule has 3 nitrogen and oxygen atoms in total. The van der Waals surface area contributed by atoms with E-state index in [4.69, 9.17) is 5.11 Å². The van der Waals surface area contributed by atoms with Crippen molar-refractivity contribution in [2.24, 2.45) is 5.92 Å². The van der Waals surface area contributed by atoms with Gasteiger partial charge in [-0.05, 0) is 25.8 Å². The number of likely N-dealkylation sites (N-methyl/N-ethyl adjacent to an activating group) is 1. The summed E-state index contributed by atoms with van der Waals surface area (Å²) in [7, 11) is 2.11. The Morgan fingerprint density at radius 1 is 1.71 bits per heavy atom. The number of carboxylic acid groups (broad SMARTS) is 1. The van der Waals surface area contributed by atoms with Crippen LogP contribution in [-0.4, -0.2) is 36.1 Å². The lowest BCUT2D eigenvalue weighted by Crippen LogP contribution is -2.32. The second-order valence-corrected chi connectivity index (χ2v) is 4.30. The van der Waals surface area contributed by atoms with Gasteiger partial charge in [0.15, 0.2) is 0 Å². The third kappa shape index (κ3) is 3.92. The number of allylic oxidation sites excluding steroid dienone is 1. The molecule has 0 saturated carbocycles. The smallest absolute Gasteiger partial charge is 0.303 e. The van der Waals surface area contributed by atoms with Crippen LogP contribution in [0.3, 0.4) is 0 Å². The molecule has 0 aromatic rings. The molecule has 0 aliphatic carbocycles. The summed E-state index contributed by atoms with van der Waals surface area (Å²) in [6, 6.07) is 0. The first kappa shape index (κ1) is 11.2. The summed E-state index contributed by atoms with van der Waals surface area (Å²) in [5.74, 6) is -0.0103. The van der Waals surface area contributed by atoms with E-state index in [9.17, 15) is 4.79 Å².